The molecule has 0 aliphatic carbocycles. The highest BCUT2D eigenvalue weighted by Crippen LogP contribution is 2.31. The summed E-state index contributed by atoms with van der Waals surface area (Å²) in [4.78, 5) is 2.09. The first-order chi connectivity index (χ1) is 8.13. The third-order valence-electron chi connectivity index (χ3n) is 2.78. The summed E-state index contributed by atoms with van der Waals surface area (Å²) in [5.41, 5.74) is 4.20. The highest BCUT2D eigenvalue weighted by atomic mass is 127. The monoisotopic (exact) mass is 333 g/mol. The summed E-state index contributed by atoms with van der Waals surface area (Å²) >= 11 is 2.29. The van der Waals surface area contributed by atoms with Crippen molar-refractivity contribution >= 4 is 28.3 Å². The van der Waals surface area contributed by atoms with Crippen molar-refractivity contribution in [1.82, 2.24) is 4.90 Å². The minimum atomic E-state index is 0.900. The molecule has 84 valence electrons. The number of allylic oxidation sites excluding steroid dienone is 3. The first kappa shape index (κ1) is 12.0. The van der Waals surface area contributed by atoms with Crippen LogP contribution in [0, 0.1) is 12.3 Å². The van der Waals surface area contributed by atoms with Crippen LogP contribution in [-0.4, -0.2) is 11.9 Å². The molecule has 1 aromatic rings. The quantitative estimate of drug-likeness (QED) is 0.558. The second-order valence-electron chi connectivity index (χ2n) is 3.79. The lowest BCUT2D eigenvalue weighted by atomic mass is 10.1. The number of halogens is 1. The topological polar surface area (TPSA) is 3.24 Å². The summed E-state index contributed by atoms with van der Waals surface area (Å²) in [5.74, 6) is 2.62. The molecular formula is C15H12IN. The van der Waals surface area contributed by atoms with Crippen molar-refractivity contribution in [3.05, 3.63) is 63.4 Å². The molecule has 0 N–H and O–H groups in total. The van der Waals surface area contributed by atoms with Crippen molar-refractivity contribution in [2.24, 2.45) is 0 Å². The fourth-order valence-corrected chi connectivity index (χ4v) is 2.23. The summed E-state index contributed by atoms with van der Waals surface area (Å²) in [5, 5.41) is 0. The number of hydrogen-bond acceptors (Lipinski definition) is 1. The molecule has 0 radical (unpaired) electrons. The second-order valence-corrected chi connectivity index (χ2v) is 4.96. The number of benzene rings is 1. The molecule has 0 amide bonds. The average molecular weight is 333 g/mol. The summed E-state index contributed by atoms with van der Waals surface area (Å²) < 4.78 is 1.16. The Hall–Kier alpha value is -1.47. The van der Waals surface area contributed by atoms with Crippen LogP contribution in [0.25, 0.3) is 5.70 Å². The van der Waals surface area contributed by atoms with Crippen molar-refractivity contribution < 1.29 is 0 Å². The van der Waals surface area contributed by atoms with E-state index in [9.17, 15) is 0 Å². The van der Waals surface area contributed by atoms with Crippen molar-refractivity contribution in [2.75, 3.05) is 7.05 Å². The third kappa shape index (κ3) is 2.29. The summed E-state index contributed by atoms with van der Waals surface area (Å²) in [6.07, 6.45) is 9.52. The average Bonchev–Trinajstić information content (AvgIpc) is 2.36. The smallest absolute Gasteiger partial charge is 0.0482 e. The first-order valence-corrected chi connectivity index (χ1v) is 6.29. The highest BCUT2D eigenvalue weighted by Gasteiger charge is 2.15. The SMILES string of the molecule is C#Cc1ccc(C2=CC=C(I)C(=C)N2C)cc1. The molecule has 1 aliphatic rings. The fourth-order valence-electron chi connectivity index (χ4n) is 1.69. The van der Waals surface area contributed by atoms with Crippen LogP contribution in [0.3, 0.4) is 0 Å². The molecule has 1 nitrogen and oxygen atoms in total. The zero-order valence-corrected chi connectivity index (χ0v) is 11.7. The molecule has 0 atom stereocenters. The minimum absolute atomic E-state index is 0.900. The van der Waals surface area contributed by atoms with Crippen LogP contribution in [0.15, 0.2) is 52.3 Å². The van der Waals surface area contributed by atoms with Gasteiger partial charge >= 0.3 is 0 Å². The van der Waals surface area contributed by atoms with Gasteiger partial charge in [-0.2, -0.15) is 0 Å². The largest absolute Gasteiger partial charge is 0.344 e. The van der Waals surface area contributed by atoms with Crippen LogP contribution in [0.2, 0.25) is 0 Å². The molecule has 17 heavy (non-hydrogen) atoms. The maximum absolute atomic E-state index is 5.35. The van der Waals surface area contributed by atoms with E-state index in [2.05, 4.69) is 52.1 Å². The van der Waals surface area contributed by atoms with Gasteiger partial charge in [0.05, 0.1) is 0 Å². The van der Waals surface area contributed by atoms with Gasteiger partial charge in [0.2, 0.25) is 0 Å². The normalized spacial score (nSPS) is 15.1. The van der Waals surface area contributed by atoms with Gasteiger partial charge in [0.25, 0.3) is 0 Å². The van der Waals surface area contributed by atoms with Crippen LogP contribution in [0.1, 0.15) is 11.1 Å². The van der Waals surface area contributed by atoms with Crippen molar-refractivity contribution in [3.8, 4) is 12.3 Å². The molecule has 1 aliphatic heterocycles. The third-order valence-corrected chi connectivity index (χ3v) is 3.76. The van der Waals surface area contributed by atoms with E-state index in [1.807, 2.05) is 31.3 Å². The summed E-state index contributed by atoms with van der Waals surface area (Å²) in [6.45, 7) is 4.06. The van der Waals surface area contributed by atoms with Crippen LogP contribution < -0.4 is 0 Å². The lowest BCUT2D eigenvalue weighted by Crippen LogP contribution is -2.17. The Morgan fingerprint density at radius 2 is 1.88 bits per heavy atom. The van der Waals surface area contributed by atoms with Crippen molar-refractivity contribution in [2.45, 2.75) is 0 Å². The molecule has 0 unspecified atom stereocenters. The number of hydrogen-bond donors (Lipinski definition) is 0. The van der Waals surface area contributed by atoms with Crippen LogP contribution >= 0.6 is 22.6 Å². The van der Waals surface area contributed by atoms with E-state index in [4.69, 9.17) is 6.42 Å². The molecular weight excluding hydrogens is 321 g/mol. The Bertz CT molecular complexity index is 556. The first-order valence-electron chi connectivity index (χ1n) is 5.21. The van der Waals surface area contributed by atoms with Crippen LogP contribution in [0.5, 0.6) is 0 Å². The van der Waals surface area contributed by atoms with Crippen LogP contribution in [-0.2, 0) is 0 Å². The van der Waals surface area contributed by atoms with Gasteiger partial charge in [0.1, 0.15) is 0 Å². The molecule has 0 bridgehead atoms. The molecule has 0 fully saturated rings. The van der Waals surface area contributed by atoms with Gasteiger partial charge in [0.15, 0.2) is 0 Å². The molecule has 0 saturated heterocycles. The second kappa shape index (κ2) is 4.80. The lowest BCUT2D eigenvalue weighted by molar-refractivity contribution is 0.614. The highest BCUT2D eigenvalue weighted by molar-refractivity contribution is 14.1. The Morgan fingerprint density at radius 1 is 1.24 bits per heavy atom. The summed E-state index contributed by atoms with van der Waals surface area (Å²) in [7, 11) is 2.02. The maximum atomic E-state index is 5.35. The Labute approximate surface area is 116 Å². The number of terminal acetylenes is 1. The van der Waals surface area contributed by atoms with Gasteiger partial charge in [-0.25, -0.2) is 0 Å². The molecule has 0 aromatic heterocycles. The van der Waals surface area contributed by atoms with Gasteiger partial charge in [-0.15, -0.1) is 6.42 Å². The maximum Gasteiger partial charge on any atom is 0.0482 e. The van der Waals surface area contributed by atoms with E-state index in [1.165, 1.54) is 0 Å². The molecule has 1 aromatic carbocycles. The summed E-state index contributed by atoms with van der Waals surface area (Å²) in [6, 6.07) is 7.99. The molecule has 1 heterocycles. The van der Waals surface area contributed by atoms with E-state index >= 15 is 0 Å². The van der Waals surface area contributed by atoms with E-state index in [1.54, 1.807) is 0 Å². The molecule has 2 rings (SSSR count). The van der Waals surface area contributed by atoms with Gasteiger partial charge in [-0.05, 0) is 52.4 Å². The lowest BCUT2D eigenvalue weighted by Gasteiger charge is -2.27. The van der Waals surface area contributed by atoms with E-state index in [0.29, 0.717) is 0 Å². The molecule has 0 spiro atoms. The predicted molar refractivity (Wildman–Crippen MR) is 81.4 cm³/mol. The van der Waals surface area contributed by atoms with E-state index < -0.39 is 0 Å². The van der Waals surface area contributed by atoms with E-state index in [-0.39, 0.29) is 0 Å². The standard InChI is InChI=1S/C15H12IN/c1-4-12-5-7-13(8-6-12)15-10-9-14(16)11(2)17(15)3/h1,5-10H,2H2,3H3. The fraction of sp³-hybridized carbons (Fsp3) is 0.0667. The van der Waals surface area contributed by atoms with Gasteiger partial charge in [0, 0.05) is 27.6 Å². The predicted octanol–water partition coefficient (Wildman–Crippen LogP) is 3.79. The number of rotatable bonds is 1. The minimum Gasteiger partial charge on any atom is -0.344 e. The van der Waals surface area contributed by atoms with Gasteiger partial charge < -0.3 is 4.90 Å². The Kier molecular flexibility index (Phi) is 3.39. The number of nitrogens with zero attached hydrogens (tertiary/aromatic N) is 1. The van der Waals surface area contributed by atoms with Crippen molar-refractivity contribution in [1.29, 1.82) is 0 Å². The van der Waals surface area contributed by atoms with E-state index in [0.717, 1.165) is 26.1 Å². The van der Waals surface area contributed by atoms with Gasteiger partial charge in [-0.3, -0.25) is 0 Å². The van der Waals surface area contributed by atoms with Gasteiger partial charge in [-0.1, -0.05) is 24.6 Å². The van der Waals surface area contributed by atoms with Crippen LogP contribution in [0.4, 0.5) is 0 Å². The zero-order valence-electron chi connectivity index (χ0n) is 9.57. The molecule has 0 saturated carbocycles. The Morgan fingerprint density at radius 3 is 2.47 bits per heavy atom. The zero-order chi connectivity index (χ0) is 12.4. The Balaban J connectivity index is 2.40. The van der Waals surface area contributed by atoms with Crippen molar-refractivity contribution in [3.63, 3.8) is 0 Å². The molecule has 2 heteroatoms. The number of likely N-dealkylation sites (N-methyl/N-ethyl adjacent to an activating group) is 1.